The number of aryl methyl sites for hydroxylation is 3. The number of benzene rings is 1. The molecule has 2 aromatic rings. The Morgan fingerprint density at radius 3 is 2.80 bits per heavy atom. The molecule has 1 aromatic carbocycles. The third kappa shape index (κ3) is 3.45. The van der Waals surface area contributed by atoms with Gasteiger partial charge in [0.05, 0.1) is 5.75 Å². The van der Waals surface area contributed by atoms with E-state index in [1.807, 2.05) is 0 Å². The second-order valence-corrected chi connectivity index (χ2v) is 8.10. The van der Waals surface area contributed by atoms with Crippen LogP contribution >= 0.6 is 11.8 Å². The van der Waals surface area contributed by atoms with Crippen LogP contribution < -0.4 is 5.32 Å². The van der Waals surface area contributed by atoms with Crippen molar-refractivity contribution >= 4 is 17.7 Å². The van der Waals surface area contributed by atoms with Gasteiger partial charge in [0.25, 0.3) is 0 Å². The first-order valence-corrected chi connectivity index (χ1v) is 10.00. The average molecular weight is 357 g/mol. The predicted molar refractivity (Wildman–Crippen MR) is 96.5 cm³/mol. The summed E-state index contributed by atoms with van der Waals surface area (Å²) in [5.41, 5.74) is 2.46. The summed E-state index contributed by atoms with van der Waals surface area (Å²) in [6, 6.07) is 6.59. The summed E-state index contributed by atoms with van der Waals surface area (Å²) < 4.78 is 5.14. The van der Waals surface area contributed by atoms with Crippen LogP contribution in [-0.2, 0) is 23.2 Å². The normalized spacial score (nSPS) is 18.3. The second kappa shape index (κ2) is 6.83. The smallest absolute Gasteiger partial charge is 0.231 e. The fourth-order valence-corrected chi connectivity index (χ4v) is 4.73. The first-order valence-electron chi connectivity index (χ1n) is 9.01. The van der Waals surface area contributed by atoms with E-state index in [1.54, 1.807) is 18.7 Å². The molecule has 1 aromatic heterocycles. The number of hydrogen-bond donors (Lipinski definition) is 1. The van der Waals surface area contributed by atoms with Gasteiger partial charge in [-0.15, -0.1) is 11.8 Å². The Morgan fingerprint density at radius 1 is 1.24 bits per heavy atom. The molecule has 0 radical (unpaired) electrons. The summed E-state index contributed by atoms with van der Waals surface area (Å²) in [5, 5.41) is 7.27. The van der Waals surface area contributed by atoms with Crippen molar-refractivity contribution < 1.29 is 9.32 Å². The highest BCUT2D eigenvalue weighted by molar-refractivity contribution is 8.00. The van der Waals surface area contributed by atoms with E-state index in [4.69, 9.17) is 4.52 Å². The van der Waals surface area contributed by atoms with Gasteiger partial charge in [-0.2, -0.15) is 4.98 Å². The zero-order chi connectivity index (χ0) is 17.3. The van der Waals surface area contributed by atoms with Crippen LogP contribution in [0, 0.1) is 6.92 Å². The molecule has 1 amide bonds. The summed E-state index contributed by atoms with van der Waals surface area (Å²) in [6.07, 6.45) is 7.50. The summed E-state index contributed by atoms with van der Waals surface area (Å²) in [5.74, 6) is 1.62. The van der Waals surface area contributed by atoms with Crippen molar-refractivity contribution in [3.8, 4) is 0 Å². The van der Waals surface area contributed by atoms with Crippen LogP contribution in [0.2, 0.25) is 0 Å². The van der Waals surface area contributed by atoms with Gasteiger partial charge >= 0.3 is 0 Å². The van der Waals surface area contributed by atoms with Crippen molar-refractivity contribution in [1.29, 1.82) is 0 Å². The van der Waals surface area contributed by atoms with Crippen LogP contribution in [-0.4, -0.2) is 21.8 Å². The van der Waals surface area contributed by atoms with E-state index in [0.29, 0.717) is 17.5 Å². The number of carbonyl (C=O) groups is 1. The van der Waals surface area contributed by atoms with Gasteiger partial charge < -0.3 is 9.84 Å². The lowest BCUT2D eigenvalue weighted by molar-refractivity contribution is -0.120. The van der Waals surface area contributed by atoms with Gasteiger partial charge in [0, 0.05) is 11.8 Å². The first-order chi connectivity index (χ1) is 12.1. The monoisotopic (exact) mass is 357 g/mol. The average Bonchev–Trinajstić information content (AvgIpc) is 3.33. The Labute approximate surface area is 152 Å². The van der Waals surface area contributed by atoms with Gasteiger partial charge in [-0.25, -0.2) is 0 Å². The lowest BCUT2D eigenvalue weighted by atomic mass is 9.96. The predicted octanol–water partition coefficient (Wildman–Crippen LogP) is 3.54. The fraction of sp³-hybridized carbons (Fsp3) is 0.526. The molecule has 6 heteroatoms. The maximum absolute atomic E-state index is 12.6. The minimum atomic E-state index is -0.451. The number of nitrogens with zero attached hydrogens (tertiary/aromatic N) is 2. The molecule has 2 aliphatic rings. The maximum atomic E-state index is 12.6. The lowest BCUT2D eigenvalue weighted by Gasteiger charge is -2.26. The minimum Gasteiger partial charge on any atom is -0.342 e. The molecule has 25 heavy (non-hydrogen) atoms. The molecule has 0 atom stereocenters. The minimum absolute atomic E-state index is 0.0369. The second-order valence-electron chi connectivity index (χ2n) is 7.05. The number of nitrogens with one attached hydrogen (secondary N) is 1. The highest BCUT2D eigenvalue weighted by atomic mass is 32.2. The molecule has 0 spiro atoms. The lowest BCUT2D eigenvalue weighted by Crippen LogP contribution is -2.45. The molecule has 0 aliphatic heterocycles. The van der Waals surface area contributed by atoms with E-state index in [2.05, 4.69) is 33.7 Å². The zero-order valence-corrected chi connectivity index (χ0v) is 15.3. The van der Waals surface area contributed by atoms with E-state index in [9.17, 15) is 4.79 Å². The third-order valence-electron chi connectivity index (χ3n) is 5.23. The SMILES string of the molecule is Cc1nc(C2(NC(=O)CSc3ccc4c(c3)CCC4)CCCC2)no1. The van der Waals surface area contributed by atoms with E-state index in [0.717, 1.165) is 32.1 Å². The number of fused-ring (bicyclic) bond motifs is 1. The number of carbonyl (C=O) groups excluding carboxylic acids is 1. The molecule has 2 aliphatic carbocycles. The van der Waals surface area contributed by atoms with E-state index in [-0.39, 0.29) is 5.91 Å². The first kappa shape index (κ1) is 16.6. The Balaban J connectivity index is 1.40. The van der Waals surface area contributed by atoms with Gasteiger partial charge in [-0.3, -0.25) is 4.79 Å². The summed E-state index contributed by atoms with van der Waals surface area (Å²) in [6.45, 7) is 1.78. The van der Waals surface area contributed by atoms with Crippen molar-refractivity contribution in [1.82, 2.24) is 15.5 Å². The molecular weight excluding hydrogens is 334 g/mol. The quantitative estimate of drug-likeness (QED) is 0.829. The molecule has 5 nitrogen and oxygen atoms in total. The number of aromatic nitrogens is 2. The van der Waals surface area contributed by atoms with Crippen LogP contribution in [0.15, 0.2) is 27.6 Å². The Hall–Kier alpha value is -1.82. The van der Waals surface area contributed by atoms with E-state index in [1.165, 1.54) is 28.9 Å². The third-order valence-corrected chi connectivity index (χ3v) is 6.23. The summed E-state index contributed by atoms with van der Waals surface area (Å²) in [7, 11) is 0. The summed E-state index contributed by atoms with van der Waals surface area (Å²) in [4.78, 5) is 18.1. The van der Waals surface area contributed by atoms with Crippen molar-refractivity contribution in [2.45, 2.75) is 62.3 Å². The highest BCUT2D eigenvalue weighted by Crippen LogP contribution is 2.37. The molecule has 1 N–H and O–H groups in total. The summed E-state index contributed by atoms with van der Waals surface area (Å²) >= 11 is 1.60. The standard InChI is InChI=1S/C19H23N3O2S/c1-13-20-18(22-24-13)19(9-2-3-10-19)21-17(23)12-25-16-8-7-14-5-4-6-15(14)11-16/h7-8,11H,2-6,9-10,12H2,1H3,(H,21,23). The number of rotatable bonds is 5. The molecule has 132 valence electrons. The molecule has 1 saturated carbocycles. The molecule has 0 saturated heterocycles. The van der Waals surface area contributed by atoms with Crippen molar-refractivity contribution in [2.24, 2.45) is 0 Å². The largest absolute Gasteiger partial charge is 0.342 e. The Bertz CT molecular complexity index is 781. The van der Waals surface area contributed by atoms with Crippen molar-refractivity contribution in [2.75, 3.05) is 5.75 Å². The molecule has 1 fully saturated rings. The molecule has 0 unspecified atom stereocenters. The van der Waals surface area contributed by atoms with Crippen LogP contribution in [0.3, 0.4) is 0 Å². The number of hydrogen-bond acceptors (Lipinski definition) is 5. The molecule has 0 bridgehead atoms. The van der Waals surface area contributed by atoms with Gasteiger partial charge in [0.1, 0.15) is 5.54 Å². The van der Waals surface area contributed by atoms with Gasteiger partial charge in [0.15, 0.2) is 5.82 Å². The van der Waals surface area contributed by atoms with E-state index >= 15 is 0 Å². The van der Waals surface area contributed by atoms with Gasteiger partial charge in [-0.1, -0.05) is 24.1 Å². The topological polar surface area (TPSA) is 68.0 Å². The Morgan fingerprint density at radius 2 is 2.04 bits per heavy atom. The molecular formula is C19H23N3O2S. The van der Waals surface area contributed by atoms with E-state index < -0.39 is 5.54 Å². The van der Waals surface area contributed by atoms with Crippen LogP contribution in [0.4, 0.5) is 0 Å². The fourth-order valence-electron chi connectivity index (χ4n) is 3.97. The molecule has 1 heterocycles. The van der Waals surface area contributed by atoms with Gasteiger partial charge in [-0.05, 0) is 55.4 Å². The van der Waals surface area contributed by atoms with Crippen molar-refractivity contribution in [3.63, 3.8) is 0 Å². The number of amides is 1. The zero-order valence-electron chi connectivity index (χ0n) is 14.5. The van der Waals surface area contributed by atoms with Gasteiger partial charge in [0.2, 0.25) is 11.8 Å². The Kier molecular flexibility index (Phi) is 4.54. The highest BCUT2D eigenvalue weighted by Gasteiger charge is 2.41. The number of thioether (sulfide) groups is 1. The molecule has 4 rings (SSSR count). The van der Waals surface area contributed by atoms with Crippen molar-refractivity contribution in [3.05, 3.63) is 41.0 Å². The van der Waals surface area contributed by atoms with Crippen LogP contribution in [0.1, 0.15) is 54.9 Å². The van der Waals surface area contributed by atoms with Crippen LogP contribution in [0.25, 0.3) is 0 Å². The maximum Gasteiger partial charge on any atom is 0.231 e. The van der Waals surface area contributed by atoms with Crippen LogP contribution in [0.5, 0.6) is 0 Å².